The fourth-order valence-electron chi connectivity index (χ4n) is 2.26. The van der Waals surface area contributed by atoms with E-state index in [9.17, 15) is 14.7 Å². The number of carboxylic acid groups (broad SMARTS) is 1. The van der Waals surface area contributed by atoms with E-state index in [0.717, 1.165) is 12.8 Å². The van der Waals surface area contributed by atoms with Crippen molar-refractivity contribution in [3.05, 3.63) is 0 Å². The molecule has 0 aliphatic heterocycles. The zero-order chi connectivity index (χ0) is 13.1. The Morgan fingerprint density at radius 2 is 2.00 bits per heavy atom. The van der Waals surface area contributed by atoms with Crippen molar-refractivity contribution < 1.29 is 14.7 Å². The number of nitrogens with one attached hydrogen (secondary N) is 1. The highest BCUT2D eigenvalue weighted by molar-refractivity contribution is 5.87. The molecule has 0 spiro atoms. The van der Waals surface area contributed by atoms with Crippen LogP contribution in [0.2, 0.25) is 0 Å². The molecule has 1 atom stereocenters. The van der Waals surface area contributed by atoms with Crippen LogP contribution in [-0.2, 0) is 9.59 Å². The molecule has 4 N–H and O–H groups in total. The van der Waals surface area contributed by atoms with E-state index in [0.29, 0.717) is 18.8 Å². The summed E-state index contributed by atoms with van der Waals surface area (Å²) in [5, 5.41) is 12.0. The van der Waals surface area contributed by atoms with Gasteiger partial charge in [0.1, 0.15) is 5.54 Å². The van der Waals surface area contributed by atoms with E-state index in [4.69, 9.17) is 5.73 Å². The molecule has 1 saturated carbocycles. The first-order valence-corrected chi connectivity index (χ1v) is 6.16. The van der Waals surface area contributed by atoms with Crippen molar-refractivity contribution in [2.24, 2.45) is 11.7 Å². The van der Waals surface area contributed by atoms with Gasteiger partial charge in [0, 0.05) is 12.5 Å². The standard InChI is InChI=1S/C12H22N2O3/c1-8-3-5-12(6-4-8,11(16)17)14-10(15)7-9(2)13/h8-9H,3-7,13H2,1-2H3,(H,14,15)(H,16,17). The Hall–Kier alpha value is -1.10. The van der Waals surface area contributed by atoms with Gasteiger partial charge in [0.25, 0.3) is 0 Å². The lowest BCUT2D eigenvalue weighted by molar-refractivity contribution is -0.149. The van der Waals surface area contributed by atoms with E-state index in [2.05, 4.69) is 12.2 Å². The zero-order valence-electron chi connectivity index (χ0n) is 10.5. The number of amides is 1. The second-order valence-corrected chi connectivity index (χ2v) is 5.30. The Bertz CT molecular complexity index is 294. The van der Waals surface area contributed by atoms with Crippen molar-refractivity contribution in [3.63, 3.8) is 0 Å². The molecule has 1 aliphatic carbocycles. The second-order valence-electron chi connectivity index (χ2n) is 5.30. The zero-order valence-corrected chi connectivity index (χ0v) is 10.5. The summed E-state index contributed by atoms with van der Waals surface area (Å²) in [5.74, 6) is -0.660. The van der Waals surface area contributed by atoms with Crippen LogP contribution in [0.15, 0.2) is 0 Å². The van der Waals surface area contributed by atoms with Gasteiger partial charge < -0.3 is 16.2 Å². The van der Waals surface area contributed by atoms with Crippen molar-refractivity contribution in [2.75, 3.05) is 0 Å². The second kappa shape index (κ2) is 5.49. The third kappa shape index (κ3) is 3.70. The third-order valence-electron chi connectivity index (χ3n) is 3.42. The Kier molecular flexibility index (Phi) is 4.51. The molecule has 1 rings (SSSR count). The maximum atomic E-state index is 11.7. The van der Waals surface area contributed by atoms with E-state index >= 15 is 0 Å². The van der Waals surface area contributed by atoms with Gasteiger partial charge in [-0.05, 0) is 38.5 Å². The summed E-state index contributed by atoms with van der Waals surface area (Å²) in [7, 11) is 0. The molecule has 5 nitrogen and oxygen atoms in total. The van der Waals surface area contributed by atoms with Gasteiger partial charge in [0.15, 0.2) is 0 Å². The summed E-state index contributed by atoms with van der Waals surface area (Å²) in [6.45, 7) is 3.84. The lowest BCUT2D eigenvalue weighted by atomic mass is 9.77. The number of carbonyl (C=O) groups is 2. The summed E-state index contributed by atoms with van der Waals surface area (Å²) in [4.78, 5) is 23.0. The largest absolute Gasteiger partial charge is 0.480 e. The summed E-state index contributed by atoms with van der Waals surface area (Å²) in [5.41, 5.74) is 4.46. The number of nitrogens with two attached hydrogens (primary N) is 1. The quantitative estimate of drug-likeness (QED) is 0.682. The summed E-state index contributed by atoms with van der Waals surface area (Å²) >= 11 is 0. The van der Waals surface area contributed by atoms with Gasteiger partial charge in [0.05, 0.1) is 0 Å². The minimum absolute atomic E-state index is 0.171. The van der Waals surface area contributed by atoms with E-state index in [-0.39, 0.29) is 18.4 Å². The maximum Gasteiger partial charge on any atom is 0.329 e. The van der Waals surface area contributed by atoms with Crippen LogP contribution < -0.4 is 11.1 Å². The Labute approximate surface area is 102 Å². The molecule has 0 aromatic rings. The van der Waals surface area contributed by atoms with Gasteiger partial charge in [-0.1, -0.05) is 6.92 Å². The monoisotopic (exact) mass is 242 g/mol. The molecule has 0 radical (unpaired) electrons. The highest BCUT2D eigenvalue weighted by atomic mass is 16.4. The van der Waals surface area contributed by atoms with Crippen molar-refractivity contribution >= 4 is 11.9 Å². The molecule has 1 aliphatic rings. The molecule has 0 bridgehead atoms. The molecule has 1 fully saturated rings. The molecule has 5 heteroatoms. The fourth-order valence-corrected chi connectivity index (χ4v) is 2.26. The highest BCUT2D eigenvalue weighted by Gasteiger charge is 2.42. The van der Waals surface area contributed by atoms with Crippen LogP contribution in [-0.4, -0.2) is 28.6 Å². The van der Waals surface area contributed by atoms with Crippen LogP contribution >= 0.6 is 0 Å². The van der Waals surface area contributed by atoms with Gasteiger partial charge in [-0.3, -0.25) is 4.79 Å². The van der Waals surface area contributed by atoms with E-state index in [1.165, 1.54) is 0 Å². The molecule has 0 aromatic carbocycles. The first-order valence-electron chi connectivity index (χ1n) is 6.16. The summed E-state index contributed by atoms with van der Waals surface area (Å²) in [6, 6.07) is -0.247. The minimum Gasteiger partial charge on any atom is -0.480 e. The normalized spacial score (nSPS) is 30.6. The van der Waals surface area contributed by atoms with Crippen molar-refractivity contribution in [2.45, 2.75) is 57.5 Å². The minimum atomic E-state index is -1.07. The lowest BCUT2D eigenvalue weighted by Gasteiger charge is -2.36. The average molecular weight is 242 g/mol. The average Bonchev–Trinajstić information content (AvgIpc) is 2.20. The van der Waals surface area contributed by atoms with Crippen LogP contribution in [0.3, 0.4) is 0 Å². The summed E-state index contributed by atoms with van der Waals surface area (Å²) < 4.78 is 0. The molecule has 0 saturated heterocycles. The predicted molar refractivity (Wildman–Crippen MR) is 64.4 cm³/mol. The Morgan fingerprint density at radius 1 is 1.47 bits per heavy atom. The lowest BCUT2D eigenvalue weighted by Crippen LogP contribution is -2.56. The number of carbonyl (C=O) groups excluding carboxylic acids is 1. The first-order chi connectivity index (χ1) is 7.85. The topological polar surface area (TPSA) is 92.4 Å². The maximum absolute atomic E-state index is 11.7. The summed E-state index contributed by atoms with van der Waals surface area (Å²) in [6.07, 6.45) is 2.86. The number of hydrogen-bond acceptors (Lipinski definition) is 3. The van der Waals surface area contributed by atoms with E-state index in [1.54, 1.807) is 6.92 Å². The number of hydrogen-bond donors (Lipinski definition) is 3. The molecule has 0 aromatic heterocycles. The predicted octanol–water partition coefficient (Wildman–Crippen LogP) is 0.873. The Balaban J connectivity index is 2.66. The van der Waals surface area contributed by atoms with Gasteiger partial charge in [-0.15, -0.1) is 0 Å². The van der Waals surface area contributed by atoms with Crippen molar-refractivity contribution in [1.29, 1.82) is 0 Å². The molecule has 98 valence electrons. The van der Waals surface area contributed by atoms with Gasteiger partial charge in [0.2, 0.25) is 5.91 Å². The molecule has 1 unspecified atom stereocenters. The Morgan fingerprint density at radius 3 is 2.41 bits per heavy atom. The SMILES string of the molecule is CC(N)CC(=O)NC1(C(=O)O)CCC(C)CC1. The van der Waals surface area contributed by atoms with Crippen LogP contribution in [0.1, 0.15) is 46.0 Å². The van der Waals surface area contributed by atoms with Crippen LogP contribution in [0.4, 0.5) is 0 Å². The molecule has 17 heavy (non-hydrogen) atoms. The highest BCUT2D eigenvalue weighted by Crippen LogP contribution is 2.32. The van der Waals surface area contributed by atoms with Gasteiger partial charge in [-0.2, -0.15) is 0 Å². The molecule has 1 amide bonds. The van der Waals surface area contributed by atoms with Crippen molar-refractivity contribution in [3.8, 4) is 0 Å². The van der Waals surface area contributed by atoms with Gasteiger partial charge >= 0.3 is 5.97 Å². The van der Waals surface area contributed by atoms with E-state index in [1.807, 2.05) is 0 Å². The fraction of sp³-hybridized carbons (Fsp3) is 0.833. The number of aliphatic carboxylic acids is 1. The van der Waals surface area contributed by atoms with Crippen LogP contribution in [0.25, 0.3) is 0 Å². The third-order valence-corrected chi connectivity index (χ3v) is 3.42. The van der Waals surface area contributed by atoms with Gasteiger partial charge in [-0.25, -0.2) is 4.79 Å². The number of carboxylic acids is 1. The molecular weight excluding hydrogens is 220 g/mol. The smallest absolute Gasteiger partial charge is 0.329 e. The van der Waals surface area contributed by atoms with Crippen LogP contribution in [0.5, 0.6) is 0 Å². The van der Waals surface area contributed by atoms with Crippen LogP contribution in [0, 0.1) is 5.92 Å². The molecule has 0 heterocycles. The van der Waals surface area contributed by atoms with Crippen molar-refractivity contribution in [1.82, 2.24) is 5.32 Å². The molecular formula is C12H22N2O3. The first kappa shape index (κ1) is 14.0. The van der Waals surface area contributed by atoms with E-state index < -0.39 is 11.5 Å². The number of rotatable bonds is 4.